The van der Waals surface area contributed by atoms with E-state index in [1.165, 1.54) is 0 Å². The van der Waals surface area contributed by atoms with Gasteiger partial charge in [0.25, 0.3) is 0 Å². The highest BCUT2D eigenvalue weighted by molar-refractivity contribution is 5.84. The lowest BCUT2D eigenvalue weighted by atomic mass is 10.2. The second-order valence-corrected chi connectivity index (χ2v) is 3.13. The van der Waals surface area contributed by atoms with Crippen LogP contribution in [-0.4, -0.2) is 30.3 Å². The highest BCUT2D eigenvalue weighted by Crippen LogP contribution is 2.00. The number of benzene rings is 1. The van der Waals surface area contributed by atoms with E-state index in [1.807, 2.05) is 30.3 Å². The molecule has 15 heavy (non-hydrogen) atoms. The molecule has 2 rings (SSSR count). The minimum absolute atomic E-state index is 0.613. The molecular weight excluding hydrogens is 190 g/mol. The van der Waals surface area contributed by atoms with Crippen molar-refractivity contribution >= 4 is 12.2 Å². The van der Waals surface area contributed by atoms with Crippen LogP contribution in [0.1, 0.15) is 5.56 Å². The maximum absolute atomic E-state index is 5.30. The van der Waals surface area contributed by atoms with Crippen molar-refractivity contribution < 1.29 is 0 Å². The molecule has 0 aromatic heterocycles. The van der Waals surface area contributed by atoms with Crippen LogP contribution in [0.2, 0.25) is 0 Å². The topological polar surface area (TPSA) is 66.0 Å². The zero-order valence-corrected chi connectivity index (χ0v) is 8.30. The maximum Gasteiger partial charge on any atom is 0.229 e. The zero-order chi connectivity index (χ0) is 10.5. The Labute approximate surface area is 88.3 Å². The third kappa shape index (κ3) is 2.32. The van der Waals surface area contributed by atoms with Crippen LogP contribution in [0, 0.1) is 0 Å². The van der Waals surface area contributed by atoms with Crippen molar-refractivity contribution in [3.05, 3.63) is 35.9 Å². The Morgan fingerprint density at radius 2 is 2.20 bits per heavy atom. The van der Waals surface area contributed by atoms with Gasteiger partial charge in [-0.05, 0) is 5.56 Å². The number of nitrogens with zero attached hydrogens (tertiary/aromatic N) is 3. The largest absolute Gasteiger partial charge is 0.293 e. The summed E-state index contributed by atoms with van der Waals surface area (Å²) in [6.07, 6.45) is 1.79. The van der Waals surface area contributed by atoms with E-state index in [9.17, 15) is 0 Å². The molecule has 0 atom stereocenters. The number of hydrogen-bond donors (Lipinski definition) is 2. The van der Waals surface area contributed by atoms with Gasteiger partial charge >= 0.3 is 0 Å². The Balaban J connectivity index is 2.03. The molecular formula is C10H13N5. The Morgan fingerprint density at radius 3 is 2.93 bits per heavy atom. The first-order valence-corrected chi connectivity index (χ1v) is 4.78. The molecule has 0 radical (unpaired) electrons. The van der Waals surface area contributed by atoms with E-state index in [1.54, 1.807) is 11.2 Å². The third-order valence-electron chi connectivity index (χ3n) is 2.09. The van der Waals surface area contributed by atoms with E-state index >= 15 is 0 Å². The quantitative estimate of drug-likeness (QED) is 0.408. The molecule has 5 nitrogen and oxygen atoms in total. The molecule has 0 fully saturated rings. The molecule has 78 valence electrons. The van der Waals surface area contributed by atoms with Gasteiger partial charge < -0.3 is 0 Å². The number of aliphatic imine (C=N–C) groups is 1. The van der Waals surface area contributed by atoms with Crippen LogP contribution in [0.4, 0.5) is 0 Å². The van der Waals surface area contributed by atoms with Crippen LogP contribution in [-0.2, 0) is 0 Å². The second-order valence-electron chi connectivity index (χ2n) is 3.13. The highest BCUT2D eigenvalue weighted by Gasteiger charge is 2.13. The van der Waals surface area contributed by atoms with Crippen molar-refractivity contribution in [3.8, 4) is 0 Å². The van der Waals surface area contributed by atoms with Gasteiger partial charge in [0, 0.05) is 0 Å². The molecule has 3 N–H and O–H groups in total. The summed E-state index contributed by atoms with van der Waals surface area (Å²) >= 11 is 0. The zero-order valence-electron chi connectivity index (χ0n) is 8.30. The van der Waals surface area contributed by atoms with Crippen LogP contribution < -0.4 is 11.3 Å². The smallest absolute Gasteiger partial charge is 0.229 e. The number of nitrogens with two attached hydrogens (primary N) is 1. The summed E-state index contributed by atoms with van der Waals surface area (Å²) in [5.74, 6) is 5.91. The lowest BCUT2D eigenvalue weighted by Crippen LogP contribution is -2.39. The first kappa shape index (κ1) is 9.67. The normalized spacial score (nSPS) is 15.8. The van der Waals surface area contributed by atoms with Crippen LogP contribution in [0.15, 0.2) is 40.4 Å². The van der Waals surface area contributed by atoms with Gasteiger partial charge in [-0.3, -0.25) is 5.43 Å². The van der Waals surface area contributed by atoms with E-state index in [0.717, 1.165) is 18.7 Å². The first-order chi connectivity index (χ1) is 7.40. The first-order valence-electron chi connectivity index (χ1n) is 4.78. The summed E-state index contributed by atoms with van der Waals surface area (Å²) in [4.78, 5) is 4.14. The van der Waals surface area contributed by atoms with Gasteiger partial charge in [0.1, 0.15) is 0 Å². The number of hydrazone groups is 1. The molecule has 1 aliphatic heterocycles. The molecule has 5 heteroatoms. The van der Waals surface area contributed by atoms with E-state index in [0.29, 0.717) is 5.96 Å². The number of hydrazine groups is 1. The average molecular weight is 203 g/mol. The summed E-state index contributed by atoms with van der Waals surface area (Å²) in [6, 6.07) is 9.91. The molecule has 0 aliphatic carbocycles. The summed E-state index contributed by atoms with van der Waals surface area (Å²) in [5, 5.41) is 6.02. The predicted octanol–water partition coefficient (Wildman–Crippen LogP) is 0.155. The molecule has 1 heterocycles. The van der Waals surface area contributed by atoms with Crippen LogP contribution in [0.5, 0.6) is 0 Å². The van der Waals surface area contributed by atoms with Crippen molar-refractivity contribution in [1.29, 1.82) is 0 Å². The number of hydrogen-bond acceptors (Lipinski definition) is 5. The maximum atomic E-state index is 5.30. The molecule has 0 saturated carbocycles. The molecule has 1 aromatic carbocycles. The van der Waals surface area contributed by atoms with E-state index in [4.69, 9.17) is 5.84 Å². The predicted molar refractivity (Wildman–Crippen MR) is 60.4 cm³/mol. The van der Waals surface area contributed by atoms with Gasteiger partial charge in [0.15, 0.2) is 0 Å². The Hall–Kier alpha value is -1.88. The monoisotopic (exact) mass is 203 g/mol. The Morgan fingerprint density at radius 1 is 1.40 bits per heavy atom. The van der Waals surface area contributed by atoms with Crippen molar-refractivity contribution in [2.45, 2.75) is 0 Å². The van der Waals surface area contributed by atoms with E-state index < -0.39 is 0 Å². The van der Waals surface area contributed by atoms with E-state index in [2.05, 4.69) is 15.5 Å². The standard InChI is InChI=1S/C10H13N5/c11-14-10-12-6-7-15(10)13-8-9-4-2-1-3-5-9/h1-5,8H,6-7,11H2,(H,12,14). The molecule has 0 spiro atoms. The lowest BCUT2D eigenvalue weighted by molar-refractivity contribution is 0.475. The fourth-order valence-corrected chi connectivity index (χ4v) is 1.35. The number of nitrogens with one attached hydrogen (secondary N) is 1. The molecule has 0 bridgehead atoms. The average Bonchev–Trinajstić information content (AvgIpc) is 2.75. The van der Waals surface area contributed by atoms with Gasteiger partial charge in [0.2, 0.25) is 5.96 Å². The van der Waals surface area contributed by atoms with Gasteiger partial charge in [0.05, 0.1) is 19.3 Å². The SMILES string of the molecule is NNC1=NCCN1N=Cc1ccccc1. The summed E-state index contributed by atoms with van der Waals surface area (Å²) in [5.41, 5.74) is 3.57. The van der Waals surface area contributed by atoms with Gasteiger partial charge in [-0.25, -0.2) is 15.8 Å². The van der Waals surface area contributed by atoms with Crippen LogP contribution in [0.25, 0.3) is 0 Å². The molecule has 1 aliphatic rings. The van der Waals surface area contributed by atoms with Crippen molar-refractivity contribution in [3.63, 3.8) is 0 Å². The molecule has 0 amide bonds. The van der Waals surface area contributed by atoms with Gasteiger partial charge in [-0.2, -0.15) is 5.10 Å². The second kappa shape index (κ2) is 4.56. The molecule has 1 aromatic rings. The minimum atomic E-state index is 0.613. The Bertz CT molecular complexity index is 371. The van der Waals surface area contributed by atoms with Crippen molar-refractivity contribution in [2.75, 3.05) is 13.1 Å². The highest BCUT2D eigenvalue weighted by atomic mass is 15.6. The summed E-state index contributed by atoms with van der Waals surface area (Å²) < 4.78 is 0. The third-order valence-corrected chi connectivity index (χ3v) is 2.09. The molecule has 0 unspecified atom stereocenters. The fourth-order valence-electron chi connectivity index (χ4n) is 1.35. The number of guanidine groups is 1. The van der Waals surface area contributed by atoms with Crippen molar-refractivity contribution in [2.24, 2.45) is 15.9 Å². The fraction of sp³-hybridized carbons (Fsp3) is 0.200. The van der Waals surface area contributed by atoms with Crippen LogP contribution in [0.3, 0.4) is 0 Å². The minimum Gasteiger partial charge on any atom is -0.293 e. The molecule has 0 saturated heterocycles. The van der Waals surface area contributed by atoms with Crippen LogP contribution >= 0.6 is 0 Å². The Kier molecular flexibility index (Phi) is 2.94. The lowest BCUT2D eigenvalue weighted by Gasteiger charge is -2.12. The summed E-state index contributed by atoms with van der Waals surface area (Å²) in [6.45, 7) is 1.49. The van der Waals surface area contributed by atoms with Crippen molar-refractivity contribution in [1.82, 2.24) is 10.4 Å². The summed E-state index contributed by atoms with van der Waals surface area (Å²) in [7, 11) is 0. The van der Waals surface area contributed by atoms with Gasteiger partial charge in [-0.1, -0.05) is 30.3 Å². The van der Waals surface area contributed by atoms with Gasteiger partial charge in [-0.15, -0.1) is 0 Å². The number of rotatable bonds is 2. The van der Waals surface area contributed by atoms with E-state index in [-0.39, 0.29) is 0 Å².